The van der Waals surface area contributed by atoms with Crippen molar-refractivity contribution >= 4 is 11.5 Å². The lowest BCUT2D eigenvalue weighted by Gasteiger charge is -2.39. The third kappa shape index (κ3) is 4.02. The van der Waals surface area contributed by atoms with Gasteiger partial charge < -0.3 is 9.80 Å². The first-order valence-corrected chi connectivity index (χ1v) is 11.6. The minimum absolute atomic E-state index is 0.00972. The van der Waals surface area contributed by atoms with E-state index in [1.807, 2.05) is 12.1 Å². The highest BCUT2D eigenvalue weighted by Crippen LogP contribution is 2.44. The summed E-state index contributed by atoms with van der Waals surface area (Å²) < 4.78 is 58.4. The van der Waals surface area contributed by atoms with E-state index in [1.54, 1.807) is 22.4 Å². The van der Waals surface area contributed by atoms with E-state index in [4.69, 9.17) is 0 Å². The van der Waals surface area contributed by atoms with Crippen molar-refractivity contribution in [2.45, 2.75) is 37.5 Å². The SMILES string of the molecule is CN1CCN(c2cccc3nc([C@H]4CCC[C@@H](c5ncccc5C(F)(F)F)N4C)c(F)n23)CC1. The number of hydrogen-bond acceptors (Lipinski definition) is 5. The number of alkyl halides is 3. The predicted octanol–water partition coefficient (Wildman–Crippen LogP) is 4.54. The highest BCUT2D eigenvalue weighted by Gasteiger charge is 2.40. The molecule has 34 heavy (non-hydrogen) atoms. The van der Waals surface area contributed by atoms with Gasteiger partial charge in [0.1, 0.15) is 17.2 Å². The summed E-state index contributed by atoms with van der Waals surface area (Å²) in [6, 6.07) is 6.88. The molecule has 0 aliphatic carbocycles. The molecular formula is C24H28F4N6. The highest BCUT2D eigenvalue weighted by atomic mass is 19.4. The second-order valence-corrected chi connectivity index (χ2v) is 9.22. The van der Waals surface area contributed by atoms with Crippen LogP contribution in [0.25, 0.3) is 5.65 Å². The molecule has 0 unspecified atom stereocenters. The molecule has 0 bridgehead atoms. The van der Waals surface area contributed by atoms with Crippen LogP contribution in [0.3, 0.4) is 0 Å². The van der Waals surface area contributed by atoms with Gasteiger partial charge in [0.05, 0.1) is 23.3 Å². The molecule has 0 amide bonds. The molecule has 3 aromatic rings. The molecule has 0 saturated carbocycles. The van der Waals surface area contributed by atoms with Crippen LogP contribution in [0.5, 0.6) is 0 Å². The van der Waals surface area contributed by atoms with Crippen molar-refractivity contribution in [2.75, 3.05) is 45.2 Å². The second-order valence-electron chi connectivity index (χ2n) is 9.22. The van der Waals surface area contributed by atoms with Crippen molar-refractivity contribution in [3.05, 3.63) is 59.4 Å². The summed E-state index contributed by atoms with van der Waals surface area (Å²) in [6.45, 7) is 3.35. The van der Waals surface area contributed by atoms with Crippen LogP contribution in [-0.2, 0) is 6.18 Å². The summed E-state index contributed by atoms with van der Waals surface area (Å²) in [5.74, 6) is 0.306. The Kier molecular flexibility index (Phi) is 5.97. The van der Waals surface area contributed by atoms with Crippen LogP contribution in [0.2, 0.25) is 0 Å². The third-order valence-electron chi connectivity index (χ3n) is 7.13. The monoisotopic (exact) mass is 476 g/mol. The van der Waals surface area contributed by atoms with Gasteiger partial charge in [0.25, 0.3) is 0 Å². The summed E-state index contributed by atoms with van der Waals surface area (Å²) in [4.78, 5) is 14.9. The van der Waals surface area contributed by atoms with Crippen LogP contribution < -0.4 is 4.90 Å². The van der Waals surface area contributed by atoms with E-state index < -0.39 is 29.8 Å². The van der Waals surface area contributed by atoms with Gasteiger partial charge in [-0.2, -0.15) is 17.6 Å². The Labute approximate surface area is 195 Å². The Morgan fingerprint density at radius 2 is 1.62 bits per heavy atom. The van der Waals surface area contributed by atoms with Crippen molar-refractivity contribution in [3.63, 3.8) is 0 Å². The number of rotatable bonds is 3. The second kappa shape index (κ2) is 8.81. The smallest absolute Gasteiger partial charge is 0.355 e. The van der Waals surface area contributed by atoms with E-state index in [9.17, 15) is 13.2 Å². The van der Waals surface area contributed by atoms with Crippen molar-refractivity contribution in [1.82, 2.24) is 24.2 Å². The third-order valence-corrected chi connectivity index (χ3v) is 7.13. The van der Waals surface area contributed by atoms with E-state index in [-0.39, 0.29) is 11.4 Å². The van der Waals surface area contributed by atoms with Gasteiger partial charge in [0, 0.05) is 32.4 Å². The van der Waals surface area contributed by atoms with E-state index in [0.29, 0.717) is 24.9 Å². The van der Waals surface area contributed by atoms with Gasteiger partial charge in [0.15, 0.2) is 0 Å². The average Bonchev–Trinajstić information content (AvgIpc) is 3.16. The summed E-state index contributed by atoms with van der Waals surface area (Å²) in [5, 5.41) is 0. The van der Waals surface area contributed by atoms with Gasteiger partial charge in [-0.15, -0.1) is 0 Å². The number of halogens is 4. The quantitative estimate of drug-likeness (QED) is 0.520. The van der Waals surface area contributed by atoms with Crippen molar-refractivity contribution in [1.29, 1.82) is 0 Å². The number of hydrogen-bond donors (Lipinski definition) is 0. The van der Waals surface area contributed by atoms with Gasteiger partial charge in [-0.25, -0.2) is 4.98 Å². The lowest BCUT2D eigenvalue weighted by atomic mass is 9.90. The number of likely N-dealkylation sites (N-methyl/N-ethyl adjacent to an activating group) is 1. The van der Waals surface area contributed by atoms with Gasteiger partial charge in [-0.05, 0) is 57.6 Å². The molecule has 182 valence electrons. The molecule has 3 aromatic heterocycles. The zero-order valence-electron chi connectivity index (χ0n) is 19.3. The van der Waals surface area contributed by atoms with E-state index >= 15 is 4.39 Å². The fourth-order valence-electron chi connectivity index (χ4n) is 5.26. The summed E-state index contributed by atoms with van der Waals surface area (Å²) in [5.41, 5.74) is 0.0383. The molecule has 5 rings (SSSR count). The Bertz CT molecular complexity index is 1170. The molecule has 0 N–H and O–H groups in total. The Hall–Kier alpha value is -2.72. The van der Waals surface area contributed by atoms with Crippen LogP contribution in [0.15, 0.2) is 36.5 Å². The minimum atomic E-state index is -4.50. The normalized spacial score (nSPS) is 23.1. The Morgan fingerprint density at radius 3 is 2.32 bits per heavy atom. The molecule has 0 radical (unpaired) electrons. The molecule has 10 heteroatoms. The number of piperazine rings is 1. The first kappa shape index (κ1) is 23.0. The average molecular weight is 477 g/mol. The summed E-state index contributed by atoms with van der Waals surface area (Å²) in [6.07, 6.45) is -1.31. The number of fused-ring (bicyclic) bond motifs is 1. The zero-order valence-corrected chi connectivity index (χ0v) is 19.3. The molecule has 2 atom stereocenters. The molecule has 2 aliphatic heterocycles. The number of pyridine rings is 2. The number of likely N-dealkylation sites (tertiary alicyclic amines) is 1. The number of aromatic nitrogens is 3. The van der Waals surface area contributed by atoms with Crippen molar-refractivity contribution < 1.29 is 17.6 Å². The lowest BCUT2D eigenvalue weighted by Crippen LogP contribution is -2.45. The van der Waals surface area contributed by atoms with Gasteiger partial charge in [-0.3, -0.25) is 14.3 Å². The van der Waals surface area contributed by atoms with Crippen LogP contribution in [-0.4, -0.2) is 64.4 Å². The predicted molar refractivity (Wildman–Crippen MR) is 121 cm³/mol. The van der Waals surface area contributed by atoms with Crippen molar-refractivity contribution in [3.8, 4) is 0 Å². The van der Waals surface area contributed by atoms with Gasteiger partial charge >= 0.3 is 6.18 Å². The first-order valence-electron chi connectivity index (χ1n) is 11.6. The molecule has 6 nitrogen and oxygen atoms in total. The molecular weight excluding hydrogens is 448 g/mol. The minimum Gasteiger partial charge on any atom is -0.355 e. The Balaban J connectivity index is 1.51. The van der Waals surface area contributed by atoms with Crippen LogP contribution in [0, 0.1) is 5.95 Å². The molecule has 2 fully saturated rings. The van der Waals surface area contributed by atoms with Crippen molar-refractivity contribution in [2.24, 2.45) is 0 Å². The number of nitrogens with zero attached hydrogens (tertiary/aromatic N) is 6. The molecule has 0 spiro atoms. The largest absolute Gasteiger partial charge is 0.418 e. The summed E-state index contributed by atoms with van der Waals surface area (Å²) >= 11 is 0. The molecule has 2 aliphatic rings. The maximum absolute atomic E-state index is 15.9. The molecule has 0 aromatic carbocycles. The standard InChI is InChI=1S/C24H28F4N6/c1-31-12-14-33(15-13-31)20-10-4-9-19-30-22(23(25)34(19)20)18-8-3-7-17(32(18)2)21-16(24(26,27)28)6-5-11-29-21/h4-6,9-11,17-18H,3,7-8,12-15H2,1-2H3/t17-,18+/m0/s1. The molecule has 5 heterocycles. The zero-order chi connectivity index (χ0) is 24.0. The number of imidazole rings is 1. The fraction of sp³-hybridized carbons (Fsp3) is 0.500. The first-order chi connectivity index (χ1) is 16.3. The lowest BCUT2D eigenvalue weighted by molar-refractivity contribution is -0.139. The van der Waals surface area contributed by atoms with Gasteiger partial charge in [-0.1, -0.05) is 6.07 Å². The maximum Gasteiger partial charge on any atom is 0.418 e. The summed E-state index contributed by atoms with van der Waals surface area (Å²) in [7, 11) is 3.81. The van der Waals surface area contributed by atoms with Crippen LogP contribution >= 0.6 is 0 Å². The number of anilines is 1. The molecule has 2 saturated heterocycles. The topological polar surface area (TPSA) is 39.9 Å². The van der Waals surface area contributed by atoms with Gasteiger partial charge in [0.2, 0.25) is 5.95 Å². The van der Waals surface area contributed by atoms with E-state index in [1.165, 1.54) is 12.3 Å². The van der Waals surface area contributed by atoms with E-state index in [0.717, 1.165) is 38.1 Å². The maximum atomic E-state index is 15.9. The Morgan fingerprint density at radius 1 is 0.912 bits per heavy atom. The van der Waals surface area contributed by atoms with Crippen LogP contribution in [0.1, 0.15) is 48.3 Å². The van der Waals surface area contributed by atoms with Crippen LogP contribution in [0.4, 0.5) is 23.4 Å². The van der Waals surface area contributed by atoms with E-state index in [2.05, 4.69) is 26.8 Å². The fourth-order valence-corrected chi connectivity index (χ4v) is 5.26. The number of piperidine rings is 1. The highest BCUT2D eigenvalue weighted by molar-refractivity contribution is 5.53.